The van der Waals surface area contributed by atoms with E-state index in [1.54, 1.807) is 11.3 Å². The first-order valence-corrected chi connectivity index (χ1v) is 4.81. The molecule has 3 nitrogen and oxygen atoms in total. The normalized spacial score (nSPS) is 16.7. The molecule has 4 heteroatoms. The zero-order valence-corrected chi connectivity index (χ0v) is 7.55. The molecule has 0 saturated carbocycles. The quantitative estimate of drug-likeness (QED) is 0.736. The Hall–Kier alpha value is -1.03. The summed E-state index contributed by atoms with van der Waals surface area (Å²) in [6, 6.07) is 4.18. The van der Waals surface area contributed by atoms with Crippen molar-refractivity contribution in [3.05, 3.63) is 22.4 Å². The van der Waals surface area contributed by atoms with Gasteiger partial charge in [0.15, 0.2) is 5.96 Å². The van der Waals surface area contributed by atoms with Crippen LogP contribution in [-0.2, 0) is 6.54 Å². The van der Waals surface area contributed by atoms with Crippen LogP contribution >= 0.6 is 11.3 Å². The van der Waals surface area contributed by atoms with Gasteiger partial charge in [-0.05, 0) is 11.4 Å². The maximum atomic E-state index is 5.68. The highest BCUT2D eigenvalue weighted by Crippen LogP contribution is 2.12. The first kappa shape index (κ1) is 7.61. The minimum Gasteiger partial charge on any atom is -0.370 e. The van der Waals surface area contributed by atoms with Gasteiger partial charge in [0.25, 0.3) is 0 Å². The molecule has 1 aliphatic heterocycles. The molecule has 1 aromatic rings. The molecule has 2 N–H and O–H groups in total. The largest absolute Gasteiger partial charge is 0.370 e. The zero-order valence-electron chi connectivity index (χ0n) is 6.73. The Balaban J connectivity index is 2.00. The smallest absolute Gasteiger partial charge is 0.191 e. The predicted octanol–water partition coefficient (Wildman–Crippen LogP) is 0.878. The van der Waals surface area contributed by atoms with Crippen molar-refractivity contribution in [2.24, 2.45) is 10.7 Å². The average Bonchev–Trinajstić information content (AvgIpc) is 2.65. The van der Waals surface area contributed by atoms with Crippen LogP contribution in [0.4, 0.5) is 0 Å². The van der Waals surface area contributed by atoms with Crippen molar-refractivity contribution in [3.8, 4) is 0 Å². The lowest BCUT2D eigenvalue weighted by Crippen LogP contribution is -2.32. The summed E-state index contributed by atoms with van der Waals surface area (Å²) in [4.78, 5) is 7.57. The molecule has 0 saturated heterocycles. The summed E-state index contributed by atoms with van der Waals surface area (Å²) in [6.07, 6.45) is 0. The topological polar surface area (TPSA) is 41.6 Å². The summed E-state index contributed by atoms with van der Waals surface area (Å²) in [5, 5.41) is 2.08. The number of hydrogen-bond donors (Lipinski definition) is 1. The van der Waals surface area contributed by atoms with E-state index in [0.29, 0.717) is 5.96 Å². The molecule has 0 atom stereocenters. The number of nitrogens with two attached hydrogens (primary N) is 1. The highest BCUT2D eigenvalue weighted by atomic mass is 32.1. The van der Waals surface area contributed by atoms with Crippen LogP contribution in [0.5, 0.6) is 0 Å². The second-order valence-corrected chi connectivity index (χ2v) is 3.77. The third-order valence-electron chi connectivity index (χ3n) is 1.89. The molecule has 0 unspecified atom stereocenters. The van der Waals surface area contributed by atoms with Crippen LogP contribution < -0.4 is 5.73 Å². The Bertz CT molecular complexity index is 279. The highest BCUT2D eigenvalue weighted by Gasteiger charge is 2.13. The minimum absolute atomic E-state index is 0.684. The summed E-state index contributed by atoms with van der Waals surface area (Å²) in [6.45, 7) is 2.72. The third-order valence-corrected chi connectivity index (χ3v) is 2.76. The molecular formula is C8H11N3S. The number of guanidine groups is 1. The molecule has 64 valence electrons. The number of hydrogen-bond acceptors (Lipinski definition) is 4. The molecular weight excluding hydrogens is 170 g/mol. The van der Waals surface area contributed by atoms with Gasteiger partial charge in [-0.2, -0.15) is 0 Å². The van der Waals surface area contributed by atoms with Crippen LogP contribution in [0.1, 0.15) is 4.88 Å². The van der Waals surface area contributed by atoms with E-state index in [1.165, 1.54) is 4.88 Å². The van der Waals surface area contributed by atoms with Gasteiger partial charge in [-0.15, -0.1) is 11.3 Å². The van der Waals surface area contributed by atoms with Gasteiger partial charge in [0.1, 0.15) is 0 Å². The van der Waals surface area contributed by atoms with E-state index >= 15 is 0 Å². The maximum Gasteiger partial charge on any atom is 0.191 e. The van der Waals surface area contributed by atoms with E-state index < -0.39 is 0 Å². The fourth-order valence-corrected chi connectivity index (χ4v) is 1.97. The fraction of sp³-hybridized carbons (Fsp3) is 0.375. The van der Waals surface area contributed by atoms with Crippen LogP contribution in [0, 0.1) is 0 Å². The second kappa shape index (κ2) is 3.15. The highest BCUT2D eigenvalue weighted by molar-refractivity contribution is 7.09. The Morgan fingerprint density at radius 2 is 2.58 bits per heavy atom. The molecule has 0 aliphatic carbocycles. The van der Waals surface area contributed by atoms with E-state index in [2.05, 4.69) is 27.4 Å². The van der Waals surface area contributed by atoms with Crippen molar-refractivity contribution in [2.75, 3.05) is 13.1 Å². The van der Waals surface area contributed by atoms with E-state index in [4.69, 9.17) is 5.73 Å². The standard InChI is InChI=1S/C8H11N3S/c9-8-10-3-4-11(8)6-7-2-1-5-12-7/h1-2,5H,3-4,6H2,(H2,9,10). The van der Waals surface area contributed by atoms with Crippen LogP contribution in [0.2, 0.25) is 0 Å². The number of rotatable bonds is 2. The lowest BCUT2D eigenvalue weighted by Gasteiger charge is -2.15. The molecule has 0 spiro atoms. The molecule has 0 fully saturated rings. The molecule has 2 heterocycles. The van der Waals surface area contributed by atoms with Crippen molar-refractivity contribution in [1.29, 1.82) is 0 Å². The minimum atomic E-state index is 0.684. The van der Waals surface area contributed by atoms with Crippen molar-refractivity contribution in [2.45, 2.75) is 6.54 Å². The Morgan fingerprint density at radius 3 is 3.17 bits per heavy atom. The van der Waals surface area contributed by atoms with Gasteiger partial charge in [-0.25, -0.2) is 0 Å². The number of thiophene rings is 1. The lowest BCUT2D eigenvalue weighted by atomic mass is 10.4. The Kier molecular flexibility index (Phi) is 1.99. The summed E-state index contributed by atoms with van der Waals surface area (Å²) in [5.41, 5.74) is 5.68. The average molecular weight is 181 g/mol. The molecule has 1 aromatic heterocycles. The van der Waals surface area contributed by atoms with E-state index in [1.807, 2.05) is 0 Å². The van der Waals surface area contributed by atoms with Crippen molar-refractivity contribution in [1.82, 2.24) is 4.90 Å². The van der Waals surface area contributed by atoms with Crippen LogP contribution in [0.15, 0.2) is 22.5 Å². The van der Waals surface area contributed by atoms with Crippen LogP contribution in [-0.4, -0.2) is 23.9 Å². The van der Waals surface area contributed by atoms with Gasteiger partial charge < -0.3 is 10.6 Å². The zero-order chi connectivity index (χ0) is 8.39. The van der Waals surface area contributed by atoms with Gasteiger partial charge in [-0.3, -0.25) is 4.99 Å². The van der Waals surface area contributed by atoms with Gasteiger partial charge in [0.05, 0.1) is 13.1 Å². The summed E-state index contributed by atoms with van der Waals surface area (Å²) >= 11 is 1.76. The van der Waals surface area contributed by atoms with Gasteiger partial charge in [0.2, 0.25) is 0 Å². The molecule has 12 heavy (non-hydrogen) atoms. The summed E-state index contributed by atoms with van der Waals surface area (Å²) < 4.78 is 0. The molecule has 0 aromatic carbocycles. The predicted molar refractivity (Wildman–Crippen MR) is 51.2 cm³/mol. The number of aliphatic imine (C=N–C) groups is 1. The fourth-order valence-electron chi connectivity index (χ4n) is 1.25. The summed E-state index contributed by atoms with van der Waals surface area (Å²) in [5.74, 6) is 0.684. The van der Waals surface area contributed by atoms with Crippen LogP contribution in [0.3, 0.4) is 0 Å². The van der Waals surface area contributed by atoms with Gasteiger partial charge in [-0.1, -0.05) is 6.07 Å². The Labute approximate surface area is 75.5 Å². The van der Waals surface area contributed by atoms with E-state index in [9.17, 15) is 0 Å². The second-order valence-electron chi connectivity index (χ2n) is 2.74. The van der Waals surface area contributed by atoms with E-state index in [-0.39, 0.29) is 0 Å². The first-order chi connectivity index (χ1) is 5.86. The van der Waals surface area contributed by atoms with Crippen molar-refractivity contribution >= 4 is 17.3 Å². The summed E-state index contributed by atoms with van der Waals surface area (Å²) in [7, 11) is 0. The monoisotopic (exact) mass is 181 g/mol. The SMILES string of the molecule is NC1=NCCN1Cc1cccs1. The van der Waals surface area contributed by atoms with Gasteiger partial charge >= 0.3 is 0 Å². The first-order valence-electron chi connectivity index (χ1n) is 3.93. The molecule has 0 radical (unpaired) electrons. The van der Waals surface area contributed by atoms with Crippen LogP contribution in [0.25, 0.3) is 0 Å². The van der Waals surface area contributed by atoms with Crippen molar-refractivity contribution in [3.63, 3.8) is 0 Å². The number of nitrogens with zero attached hydrogens (tertiary/aromatic N) is 2. The molecule has 0 amide bonds. The van der Waals surface area contributed by atoms with Gasteiger partial charge in [0, 0.05) is 11.4 Å². The Morgan fingerprint density at radius 1 is 1.67 bits per heavy atom. The third kappa shape index (κ3) is 1.43. The van der Waals surface area contributed by atoms with E-state index in [0.717, 1.165) is 19.6 Å². The van der Waals surface area contributed by atoms with Crippen molar-refractivity contribution < 1.29 is 0 Å². The molecule has 0 bridgehead atoms. The molecule has 1 aliphatic rings. The lowest BCUT2D eigenvalue weighted by molar-refractivity contribution is 0.452. The molecule has 2 rings (SSSR count). The maximum absolute atomic E-state index is 5.68.